The lowest BCUT2D eigenvalue weighted by Gasteiger charge is -2.37. The molecule has 0 amide bonds. The molecule has 2 atom stereocenters. The first kappa shape index (κ1) is 13.3. The molecule has 1 aliphatic rings. The Morgan fingerprint density at radius 1 is 1.37 bits per heavy atom. The Bertz CT molecular complexity index is 526. The highest BCUT2D eigenvalue weighted by molar-refractivity contribution is 5.63. The van der Waals surface area contributed by atoms with Gasteiger partial charge in [0.15, 0.2) is 0 Å². The van der Waals surface area contributed by atoms with Gasteiger partial charge in [-0.3, -0.25) is 10.1 Å². The lowest BCUT2D eigenvalue weighted by molar-refractivity contribution is -0.384. The molecule has 0 aromatic heterocycles. The monoisotopic (exact) mass is 259 g/mol. The highest BCUT2D eigenvalue weighted by Gasteiger charge is 2.24. The Hall–Kier alpha value is -2.09. The summed E-state index contributed by atoms with van der Waals surface area (Å²) in [4.78, 5) is 12.4. The number of nitrogens with zero attached hydrogens (tertiary/aromatic N) is 3. The Kier molecular flexibility index (Phi) is 3.70. The molecular formula is C14H17N3O2. The van der Waals surface area contributed by atoms with Crippen LogP contribution < -0.4 is 4.90 Å². The van der Waals surface area contributed by atoms with Crippen molar-refractivity contribution in [1.82, 2.24) is 0 Å². The molecule has 19 heavy (non-hydrogen) atoms. The van der Waals surface area contributed by atoms with Gasteiger partial charge >= 0.3 is 0 Å². The van der Waals surface area contributed by atoms with E-state index in [1.54, 1.807) is 6.07 Å². The van der Waals surface area contributed by atoms with E-state index in [0.29, 0.717) is 17.4 Å². The molecule has 1 fully saturated rings. The van der Waals surface area contributed by atoms with E-state index in [1.165, 1.54) is 18.6 Å². The summed E-state index contributed by atoms with van der Waals surface area (Å²) in [5, 5.41) is 19.9. The van der Waals surface area contributed by atoms with E-state index in [9.17, 15) is 15.4 Å². The van der Waals surface area contributed by atoms with Crippen LogP contribution in [0, 0.1) is 33.3 Å². The largest absolute Gasteiger partial charge is 0.370 e. The number of hydrogen-bond donors (Lipinski definition) is 0. The van der Waals surface area contributed by atoms with Gasteiger partial charge in [-0.05, 0) is 24.3 Å². The van der Waals surface area contributed by atoms with Crippen LogP contribution in [0.25, 0.3) is 0 Å². The zero-order chi connectivity index (χ0) is 14.0. The molecular weight excluding hydrogens is 242 g/mol. The Labute approximate surface area is 112 Å². The van der Waals surface area contributed by atoms with Gasteiger partial charge in [-0.2, -0.15) is 5.26 Å². The molecule has 1 saturated heterocycles. The summed E-state index contributed by atoms with van der Waals surface area (Å²) in [5.41, 5.74) is 1.17. The molecule has 0 radical (unpaired) electrons. The maximum absolute atomic E-state index is 10.7. The minimum atomic E-state index is -0.466. The lowest BCUT2D eigenvalue weighted by atomic mass is 9.91. The van der Waals surface area contributed by atoms with Crippen molar-refractivity contribution in [1.29, 1.82) is 5.26 Å². The number of nitro groups is 1. The van der Waals surface area contributed by atoms with Crippen LogP contribution >= 0.6 is 0 Å². The summed E-state index contributed by atoms with van der Waals surface area (Å²) in [6.07, 6.45) is 1.19. The van der Waals surface area contributed by atoms with Crippen molar-refractivity contribution < 1.29 is 4.92 Å². The number of rotatable bonds is 2. The molecule has 1 aromatic carbocycles. The van der Waals surface area contributed by atoms with Crippen LogP contribution in [0.3, 0.4) is 0 Å². The van der Waals surface area contributed by atoms with Crippen LogP contribution in [0.15, 0.2) is 18.2 Å². The predicted octanol–water partition coefficient (Wildman–Crippen LogP) is 2.95. The summed E-state index contributed by atoms with van der Waals surface area (Å²) >= 11 is 0. The fourth-order valence-corrected chi connectivity index (χ4v) is 2.86. The SMILES string of the molecule is CC1CC(C)CN(c2ccc([N+](=O)[O-])cc2C#N)C1. The molecule has 0 saturated carbocycles. The average Bonchev–Trinajstić information content (AvgIpc) is 2.36. The standard InChI is InChI=1S/C14H17N3O2/c1-10-5-11(2)9-16(8-10)14-4-3-13(17(18)19)6-12(14)7-15/h3-4,6,10-11H,5,8-9H2,1-2H3. The van der Waals surface area contributed by atoms with Crippen molar-refractivity contribution >= 4 is 11.4 Å². The summed E-state index contributed by atoms with van der Waals surface area (Å²) in [7, 11) is 0. The molecule has 1 heterocycles. The van der Waals surface area contributed by atoms with Crippen LogP contribution in [0.1, 0.15) is 25.8 Å². The molecule has 5 nitrogen and oxygen atoms in total. The van der Waals surface area contributed by atoms with Gasteiger partial charge in [-0.15, -0.1) is 0 Å². The van der Waals surface area contributed by atoms with E-state index in [1.807, 2.05) is 0 Å². The second-order valence-corrected chi connectivity index (χ2v) is 5.42. The maximum Gasteiger partial charge on any atom is 0.270 e. The fraction of sp³-hybridized carbons (Fsp3) is 0.500. The van der Waals surface area contributed by atoms with Gasteiger partial charge in [0.05, 0.1) is 16.2 Å². The first-order valence-corrected chi connectivity index (χ1v) is 6.44. The van der Waals surface area contributed by atoms with Crippen LogP contribution in [0.5, 0.6) is 0 Å². The van der Waals surface area contributed by atoms with Gasteiger partial charge in [-0.25, -0.2) is 0 Å². The van der Waals surface area contributed by atoms with Crippen molar-refractivity contribution in [3.63, 3.8) is 0 Å². The third-order valence-electron chi connectivity index (χ3n) is 3.52. The van der Waals surface area contributed by atoms with Crippen molar-refractivity contribution in [3.05, 3.63) is 33.9 Å². The zero-order valence-corrected chi connectivity index (χ0v) is 11.2. The van der Waals surface area contributed by atoms with Crippen LogP contribution in [0.2, 0.25) is 0 Å². The number of nitro benzene ring substituents is 1. The summed E-state index contributed by atoms with van der Waals surface area (Å²) in [6, 6.07) is 6.60. The van der Waals surface area contributed by atoms with Crippen LogP contribution in [-0.4, -0.2) is 18.0 Å². The van der Waals surface area contributed by atoms with Crippen molar-refractivity contribution in [3.8, 4) is 6.07 Å². The Morgan fingerprint density at radius 3 is 2.53 bits per heavy atom. The van der Waals surface area contributed by atoms with E-state index >= 15 is 0 Å². The highest BCUT2D eigenvalue weighted by Crippen LogP contribution is 2.30. The predicted molar refractivity (Wildman–Crippen MR) is 73.0 cm³/mol. The van der Waals surface area contributed by atoms with E-state index in [-0.39, 0.29) is 5.69 Å². The molecule has 1 aliphatic heterocycles. The number of anilines is 1. The van der Waals surface area contributed by atoms with Crippen molar-refractivity contribution in [2.24, 2.45) is 11.8 Å². The summed E-state index contributed by atoms with van der Waals surface area (Å²) in [5.74, 6) is 1.15. The van der Waals surface area contributed by atoms with E-state index in [2.05, 4.69) is 24.8 Å². The average molecular weight is 259 g/mol. The molecule has 0 spiro atoms. The number of hydrogen-bond acceptors (Lipinski definition) is 4. The Morgan fingerprint density at radius 2 is 2.00 bits per heavy atom. The van der Waals surface area contributed by atoms with Crippen LogP contribution in [0.4, 0.5) is 11.4 Å². The third-order valence-corrected chi connectivity index (χ3v) is 3.52. The number of non-ortho nitro benzene ring substituents is 1. The zero-order valence-electron chi connectivity index (χ0n) is 11.2. The Balaban J connectivity index is 2.34. The lowest BCUT2D eigenvalue weighted by Crippen LogP contribution is -2.39. The van der Waals surface area contributed by atoms with Gasteiger partial charge in [0.1, 0.15) is 6.07 Å². The minimum absolute atomic E-state index is 0.0293. The molecule has 0 N–H and O–H groups in total. The molecule has 5 heteroatoms. The van der Waals surface area contributed by atoms with Gasteiger partial charge in [0, 0.05) is 25.2 Å². The third kappa shape index (κ3) is 2.84. The molecule has 100 valence electrons. The number of piperidine rings is 1. The number of benzene rings is 1. The van der Waals surface area contributed by atoms with Crippen LogP contribution in [-0.2, 0) is 0 Å². The molecule has 2 unspecified atom stereocenters. The van der Waals surface area contributed by atoms with Crippen molar-refractivity contribution in [2.75, 3.05) is 18.0 Å². The molecule has 2 rings (SSSR count). The van der Waals surface area contributed by atoms with Crippen molar-refractivity contribution in [2.45, 2.75) is 20.3 Å². The van der Waals surface area contributed by atoms with Gasteiger partial charge in [0.2, 0.25) is 0 Å². The number of nitriles is 1. The summed E-state index contributed by atoms with van der Waals surface area (Å²) in [6.45, 7) is 6.19. The van der Waals surface area contributed by atoms with Gasteiger partial charge in [0.25, 0.3) is 5.69 Å². The van der Waals surface area contributed by atoms with E-state index in [0.717, 1.165) is 18.8 Å². The first-order valence-electron chi connectivity index (χ1n) is 6.44. The topological polar surface area (TPSA) is 70.2 Å². The quantitative estimate of drug-likeness (QED) is 0.604. The first-order chi connectivity index (χ1) is 9.01. The highest BCUT2D eigenvalue weighted by atomic mass is 16.6. The minimum Gasteiger partial charge on any atom is -0.370 e. The maximum atomic E-state index is 10.7. The second kappa shape index (κ2) is 5.27. The van der Waals surface area contributed by atoms with E-state index < -0.39 is 4.92 Å². The smallest absolute Gasteiger partial charge is 0.270 e. The molecule has 0 bridgehead atoms. The normalized spacial score (nSPS) is 22.9. The fourth-order valence-electron chi connectivity index (χ4n) is 2.86. The molecule has 1 aromatic rings. The van der Waals surface area contributed by atoms with E-state index in [4.69, 9.17) is 0 Å². The van der Waals surface area contributed by atoms with Gasteiger partial charge < -0.3 is 4.90 Å². The second-order valence-electron chi connectivity index (χ2n) is 5.42. The summed E-state index contributed by atoms with van der Waals surface area (Å²) < 4.78 is 0. The molecule has 0 aliphatic carbocycles. The van der Waals surface area contributed by atoms with Gasteiger partial charge in [-0.1, -0.05) is 13.8 Å².